The van der Waals surface area contributed by atoms with Crippen LogP contribution < -0.4 is 0 Å². The molecular weight excluding hydrogens is 717 g/mol. The fourth-order valence-corrected chi connectivity index (χ4v) is 8.98. The lowest BCUT2D eigenvalue weighted by atomic mass is 9.97. The van der Waals surface area contributed by atoms with E-state index in [1.165, 1.54) is 0 Å². The summed E-state index contributed by atoms with van der Waals surface area (Å²) < 4.78 is 21.6. The van der Waals surface area contributed by atoms with Gasteiger partial charge in [0.15, 0.2) is 11.6 Å². The van der Waals surface area contributed by atoms with Crippen LogP contribution in [0.1, 0.15) is 0 Å². The van der Waals surface area contributed by atoms with Gasteiger partial charge in [0, 0.05) is 48.8 Å². The van der Waals surface area contributed by atoms with Crippen LogP contribution in [0.15, 0.2) is 183 Å². The molecule has 0 radical (unpaired) electrons. The Hall–Kier alpha value is -8.03. The van der Waals surface area contributed by atoms with Crippen molar-refractivity contribution in [3.05, 3.63) is 170 Å². The monoisotopic (exact) mass is 744 g/mol. The number of aromatic nitrogens is 4. The zero-order chi connectivity index (χ0) is 37.9. The van der Waals surface area contributed by atoms with Crippen molar-refractivity contribution in [2.45, 2.75) is 0 Å². The number of furan rings is 3. The first-order valence-corrected chi connectivity index (χ1v) is 19.3. The normalized spacial score (nSPS) is 12.1. The van der Waals surface area contributed by atoms with Crippen LogP contribution in [0.2, 0.25) is 0 Å². The molecule has 0 aliphatic carbocycles. The van der Waals surface area contributed by atoms with E-state index < -0.39 is 0 Å². The summed E-state index contributed by atoms with van der Waals surface area (Å²) in [5, 5.41) is 8.25. The number of rotatable bonds is 4. The third-order valence-electron chi connectivity index (χ3n) is 11.5. The van der Waals surface area contributed by atoms with E-state index in [9.17, 15) is 0 Å². The molecular formula is C51H28N4O3. The van der Waals surface area contributed by atoms with Crippen molar-refractivity contribution in [1.82, 2.24) is 19.5 Å². The number of hydrogen-bond donors (Lipinski definition) is 0. The third kappa shape index (κ3) is 4.41. The average molecular weight is 745 g/mol. The molecule has 5 aromatic heterocycles. The Morgan fingerprint density at radius 2 is 0.914 bits per heavy atom. The molecule has 5 heterocycles. The van der Waals surface area contributed by atoms with E-state index in [1.54, 1.807) is 0 Å². The van der Waals surface area contributed by atoms with Crippen molar-refractivity contribution in [1.29, 1.82) is 0 Å². The van der Waals surface area contributed by atoms with Gasteiger partial charge in [-0.25, -0.2) is 4.98 Å². The lowest BCUT2D eigenvalue weighted by Gasteiger charge is -2.13. The van der Waals surface area contributed by atoms with Gasteiger partial charge in [0.2, 0.25) is 5.95 Å². The van der Waals surface area contributed by atoms with Crippen LogP contribution in [0.4, 0.5) is 0 Å². The van der Waals surface area contributed by atoms with Crippen LogP contribution >= 0.6 is 0 Å². The maximum absolute atomic E-state index is 6.59. The fourth-order valence-electron chi connectivity index (χ4n) is 8.98. The quantitative estimate of drug-likeness (QED) is 0.178. The third-order valence-corrected chi connectivity index (χ3v) is 11.5. The molecule has 0 fully saturated rings. The molecule has 0 spiro atoms. The van der Waals surface area contributed by atoms with Gasteiger partial charge in [0.05, 0.1) is 16.4 Å². The SMILES string of the molecule is c1ccc(-c2cc(-c3nc(-c4cccc5oc6ccccc6c45)nc(-n4c5ccccc5c5ccc6oc7ccccc7c6c54)n3)cc3oc4ccccc4c23)cc1. The Bertz CT molecular complexity index is 3810. The van der Waals surface area contributed by atoms with Crippen LogP contribution in [0.5, 0.6) is 0 Å². The molecule has 0 amide bonds. The first kappa shape index (κ1) is 31.2. The molecule has 13 aromatic rings. The first-order chi connectivity index (χ1) is 28.7. The first-order valence-electron chi connectivity index (χ1n) is 19.3. The predicted molar refractivity (Wildman–Crippen MR) is 232 cm³/mol. The number of fused-ring (bicyclic) bond motifs is 13. The van der Waals surface area contributed by atoms with Gasteiger partial charge in [-0.3, -0.25) is 4.57 Å². The van der Waals surface area contributed by atoms with E-state index in [4.69, 9.17) is 28.2 Å². The van der Waals surface area contributed by atoms with Crippen LogP contribution in [0.25, 0.3) is 127 Å². The second kappa shape index (κ2) is 11.7. The van der Waals surface area contributed by atoms with Crippen molar-refractivity contribution >= 4 is 87.6 Å². The Morgan fingerprint density at radius 3 is 1.66 bits per heavy atom. The van der Waals surface area contributed by atoms with Crippen molar-refractivity contribution < 1.29 is 13.3 Å². The second-order valence-corrected chi connectivity index (χ2v) is 14.7. The topological polar surface area (TPSA) is 83.0 Å². The van der Waals surface area contributed by atoms with E-state index >= 15 is 0 Å². The van der Waals surface area contributed by atoms with E-state index in [1.807, 2.05) is 60.7 Å². The maximum atomic E-state index is 6.59. The van der Waals surface area contributed by atoms with Crippen molar-refractivity contribution in [2.75, 3.05) is 0 Å². The number of hydrogen-bond acceptors (Lipinski definition) is 6. The molecule has 0 unspecified atom stereocenters. The van der Waals surface area contributed by atoms with Gasteiger partial charge >= 0.3 is 0 Å². The smallest absolute Gasteiger partial charge is 0.238 e. The molecule has 0 N–H and O–H groups in total. The summed E-state index contributed by atoms with van der Waals surface area (Å²) in [7, 11) is 0. The lowest BCUT2D eigenvalue weighted by molar-refractivity contribution is 0.668. The minimum atomic E-state index is 0.486. The summed E-state index contributed by atoms with van der Waals surface area (Å²) >= 11 is 0. The summed E-state index contributed by atoms with van der Waals surface area (Å²) in [6, 6.07) is 57.9. The van der Waals surface area contributed by atoms with Crippen molar-refractivity contribution in [2.24, 2.45) is 0 Å². The summed E-state index contributed by atoms with van der Waals surface area (Å²) in [4.78, 5) is 16.2. The van der Waals surface area contributed by atoms with Crippen molar-refractivity contribution in [3.8, 4) is 39.9 Å². The zero-order valence-corrected chi connectivity index (χ0v) is 30.7. The maximum Gasteiger partial charge on any atom is 0.238 e. The molecule has 270 valence electrons. The molecule has 0 bridgehead atoms. The molecule has 0 saturated heterocycles. The van der Waals surface area contributed by atoms with Crippen LogP contribution in [0, 0.1) is 0 Å². The average Bonchev–Trinajstić information content (AvgIpc) is 4.05. The molecule has 7 nitrogen and oxygen atoms in total. The van der Waals surface area contributed by atoms with E-state index in [0.29, 0.717) is 17.6 Å². The molecule has 0 saturated carbocycles. The largest absolute Gasteiger partial charge is 0.456 e. The van der Waals surface area contributed by atoms with E-state index in [-0.39, 0.29) is 0 Å². The second-order valence-electron chi connectivity index (χ2n) is 14.7. The van der Waals surface area contributed by atoms with E-state index in [2.05, 4.69) is 114 Å². The van der Waals surface area contributed by atoms with Gasteiger partial charge in [0.1, 0.15) is 33.5 Å². The molecule has 13 rings (SSSR count). The standard InChI is InChI=1S/C51H28N4O3/c1-2-13-29(14-3-1)37-27-30(28-44-46(37)34-17-6-10-22-40(34)58-44)49-52-50(36-19-12-24-42-45(36)33-16-5-9-21-39(33)56-42)54-51(53-49)55-38-20-8-4-15-31(38)32-25-26-43-47(48(32)55)35-18-7-11-23-41(35)57-43/h1-28H. The highest BCUT2D eigenvalue weighted by molar-refractivity contribution is 6.24. The summed E-state index contributed by atoms with van der Waals surface area (Å²) in [6.45, 7) is 0. The van der Waals surface area contributed by atoms with Gasteiger partial charge in [-0.05, 0) is 65.7 Å². The van der Waals surface area contributed by atoms with Crippen molar-refractivity contribution in [3.63, 3.8) is 0 Å². The highest BCUT2D eigenvalue weighted by Crippen LogP contribution is 2.43. The number of para-hydroxylation sites is 4. The Balaban J connectivity index is 1.18. The van der Waals surface area contributed by atoms with Gasteiger partial charge < -0.3 is 13.3 Å². The highest BCUT2D eigenvalue weighted by atomic mass is 16.3. The highest BCUT2D eigenvalue weighted by Gasteiger charge is 2.24. The minimum absolute atomic E-state index is 0.486. The van der Waals surface area contributed by atoms with Gasteiger partial charge in [-0.15, -0.1) is 0 Å². The summed E-state index contributed by atoms with van der Waals surface area (Å²) in [5.41, 5.74) is 10.5. The predicted octanol–water partition coefficient (Wildman–Crippen LogP) is 13.7. The molecule has 0 aliphatic heterocycles. The Morgan fingerprint density at radius 1 is 0.345 bits per heavy atom. The number of nitrogens with zero attached hydrogens (tertiary/aromatic N) is 4. The lowest BCUT2D eigenvalue weighted by Crippen LogP contribution is -2.06. The molecule has 8 aromatic carbocycles. The molecule has 58 heavy (non-hydrogen) atoms. The Labute approximate surface area is 329 Å². The summed E-state index contributed by atoms with van der Waals surface area (Å²) in [5.74, 6) is 1.53. The molecule has 0 aliphatic rings. The Kier molecular flexibility index (Phi) is 6.32. The van der Waals surface area contributed by atoms with Gasteiger partial charge in [0.25, 0.3) is 0 Å². The van der Waals surface area contributed by atoms with Crippen LogP contribution in [-0.2, 0) is 0 Å². The van der Waals surface area contributed by atoms with Gasteiger partial charge in [-0.2, -0.15) is 9.97 Å². The summed E-state index contributed by atoms with van der Waals surface area (Å²) in [6.07, 6.45) is 0. The number of benzene rings is 8. The molecule has 0 atom stereocenters. The zero-order valence-electron chi connectivity index (χ0n) is 30.7. The van der Waals surface area contributed by atoms with Crippen LogP contribution in [-0.4, -0.2) is 19.5 Å². The minimum Gasteiger partial charge on any atom is -0.456 e. The fraction of sp³-hybridized carbons (Fsp3) is 0. The van der Waals surface area contributed by atoms with E-state index in [0.717, 1.165) is 110 Å². The van der Waals surface area contributed by atoms with Gasteiger partial charge in [-0.1, -0.05) is 115 Å². The van der Waals surface area contributed by atoms with Crippen LogP contribution in [0.3, 0.4) is 0 Å². The molecule has 7 heteroatoms.